The second-order valence-electron chi connectivity index (χ2n) is 5.58. The van der Waals surface area contributed by atoms with E-state index in [9.17, 15) is 4.79 Å². The summed E-state index contributed by atoms with van der Waals surface area (Å²) in [5.74, 6) is 0.672. The maximum Gasteiger partial charge on any atom is 0.273 e. The van der Waals surface area contributed by atoms with Crippen molar-refractivity contribution in [3.05, 3.63) is 66.0 Å². The van der Waals surface area contributed by atoms with E-state index in [1.54, 1.807) is 11.9 Å². The fourth-order valence-corrected chi connectivity index (χ4v) is 2.37. The predicted octanol–water partition coefficient (Wildman–Crippen LogP) is 3.09. The van der Waals surface area contributed by atoms with Crippen molar-refractivity contribution in [2.24, 2.45) is 0 Å². The molecule has 0 saturated carbocycles. The second-order valence-corrected chi connectivity index (χ2v) is 5.58. The van der Waals surface area contributed by atoms with Gasteiger partial charge in [-0.2, -0.15) is 0 Å². The Kier molecular flexibility index (Phi) is 4.70. The van der Waals surface area contributed by atoms with E-state index in [1.165, 1.54) is 6.20 Å². The highest BCUT2D eigenvalue weighted by molar-refractivity contribution is 5.93. The number of hydrogen-bond acceptors (Lipinski definition) is 4. The van der Waals surface area contributed by atoms with Crippen molar-refractivity contribution in [3.8, 4) is 5.75 Å². The summed E-state index contributed by atoms with van der Waals surface area (Å²) in [4.78, 5) is 22.7. The first kappa shape index (κ1) is 15.9. The van der Waals surface area contributed by atoms with Crippen molar-refractivity contribution in [2.75, 3.05) is 20.2 Å². The highest BCUT2D eigenvalue weighted by Gasteiger charge is 2.14. The summed E-state index contributed by atoms with van der Waals surface area (Å²) >= 11 is 0. The largest absolute Gasteiger partial charge is 0.491 e. The van der Waals surface area contributed by atoms with E-state index in [1.807, 2.05) is 55.5 Å². The van der Waals surface area contributed by atoms with Crippen LogP contribution in [0.2, 0.25) is 0 Å². The number of para-hydroxylation sites is 3. The lowest BCUT2D eigenvalue weighted by Crippen LogP contribution is -2.31. The molecule has 2 aromatic carbocycles. The minimum absolute atomic E-state index is 0.165. The fourth-order valence-electron chi connectivity index (χ4n) is 2.37. The van der Waals surface area contributed by atoms with Crippen LogP contribution in [0.5, 0.6) is 5.75 Å². The minimum Gasteiger partial charge on any atom is -0.491 e. The SMILES string of the molecule is Cc1ccccc1OCCN(C)C(=O)c1cnc2ccccc2n1. The number of carbonyl (C=O) groups excluding carboxylic acids is 1. The zero-order valence-corrected chi connectivity index (χ0v) is 13.8. The normalized spacial score (nSPS) is 10.6. The van der Waals surface area contributed by atoms with Gasteiger partial charge in [0.25, 0.3) is 5.91 Å². The summed E-state index contributed by atoms with van der Waals surface area (Å²) in [6.07, 6.45) is 1.52. The van der Waals surface area contributed by atoms with E-state index in [0.29, 0.717) is 24.4 Å². The molecule has 0 atom stereocenters. The Hall–Kier alpha value is -2.95. The third-order valence-corrected chi connectivity index (χ3v) is 3.79. The number of carbonyl (C=O) groups is 1. The smallest absolute Gasteiger partial charge is 0.273 e. The standard InChI is InChI=1S/C19H19N3O2/c1-14-7-3-6-10-18(14)24-12-11-22(2)19(23)17-13-20-15-8-4-5-9-16(15)21-17/h3-10,13H,11-12H2,1-2H3. The van der Waals surface area contributed by atoms with Gasteiger partial charge in [-0.3, -0.25) is 9.78 Å². The van der Waals surface area contributed by atoms with Crippen LogP contribution in [0.1, 0.15) is 16.1 Å². The van der Waals surface area contributed by atoms with Gasteiger partial charge in [0, 0.05) is 7.05 Å². The Labute approximate surface area is 140 Å². The number of ether oxygens (including phenoxy) is 1. The topological polar surface area (TPSA) is 55.3 Å². The van der Waals surface area contributed by atoms with Gasteiger partial charge >= 0.3 is 0 Å². The van der Waals surface area contributed by atoms with Gasteiger partial charge in [-0.05, 0) is 30.7 Å². The number of likely N-dealkylation sites (N-methyl/N-ethyl adjacent to an activating group) is 1. The summed E-state index contributed by atoms with van der Waals surface area (Å²) in [7, 11) is 1.74. The lowest BCUT2D eigenvalue weighted by atomic mass is 10.2. The van der Waals surface area contributed by atoms with Gasteiger partial charge in [0.1, 0.15) is 18.1 Å². The Bertz CT molecular complexity index is 864. The van der Waals surface area contributed by atoms with Crippen LogP contribution < -0.4 is 4.74 Å². The molecule has 1 aromatic heterocycles. The lowest BCUT2D eigenvalue weighted by molar-refractivity contribution is 0.0768. The third kappa shape index (κ3) is 3.51. The van der Waals surface area contributed by atoms with Crippen molar-refractivity contribution in [2.45, 2.75) is 6.92 Å². The van der Waals surface area contributed by atoms with Crippen molar-refractivity contribution < 1.29 is 9.53 Å². The number of rotatable bonds is 5. The van der Waals surface area contributed by atoms with Crippen molar-refractivity contribution >= 4 is 16.9 Å². The Morgan fingerprint density at radius 1 is 1.08 bits per heavy atom. The molecule has 0 fully saturated rings. The molecule has 3 aromatic rings. The number of amides is 1. The van der Waals surface area contributed by atoms with E-state index in [4.69, 9.17) is 4.74 Å². The number of fused-ring (bicyclic) bond motifs is 1. The molecule has 24 heavy (non-hydrogen) atoms. The first-order valence-electron chi connectivity index (χ1n) is 7.81. The van der Waals surface area contributed by atoms with E-state index < -0.39 is 0 Å². The molecule has 1 amide bonds. The Morgan fingerprint density at radius 3 is 2.58 bits per heavy atom. The molecule has 0 aliphatic carbocycles. The number of nitrogens with zero attached hydrogens (tertiary/aromatic N) is 3. The molecule has 0 saturated heterocycles. The monoisotopic (exact) mass is 321 g/mol. The lowest BCUT2D eigenvalue weighted by Gasteiger charge is -2.17. The average Bonchev–Trinajstić information content (AvgIpc) is 2.62. The molecular formula is C19H19N3O2. The summed E-state index contributed by atoms with van der Waals surface area (Å²) in [5.41, 5.74) is 2.91. The van der Waals surface area contributed by atoms with Gasteiger partial charge in [0.15, 0.2) is 0 Å². The highest BCUT2D eigenvalue weighted by Crippen LogP contribution is 2.16. The molecule has 5 nitrogen and oxygen atoms in total. The van der Waals surface area contributed by atoms with E-state index >= 15 is 0 Å². The van der Waals surface area contributed by atoms with Crippen LogP contribution in [-0.2, 0) is 0 Å². The van der Waals surface area contributed by atoms with Crippen LogP contribution >= 0.6 is 0 Å². The zero-order chi connectivity index (χ0) is 16.9. The van der Waals surface area contributed by atoms with Crippen molar-refractivity contribution in [1.82, 2.24) is 14.9 Å². The summed E-state index contributed by atoms with van der Waals surface area (Å²) in [6.45, 7) is 2.89. The molecule has 0 unspecified atom stereocenters. The molecule has 0 aliphatic heterocycles. The van der Waals surface area contributed by atoms with Crippen LogP contribution in [0, 0.1) is 6.92 Å². The third-order valence-electron chi connectivity index (χ3n) is 3.79. The van der Waals surface area contributed by atoms with Gasteiger partial charge in [0.05, 0.1) is 23.8 Å². The van der Waals surface area contributed by atoms with Gasteiger partial charge in [-0.1, -0.05) is 30.3 Å². The van der Waals surface area contributed by atoms with Gasteiger partial charge < -0.3 is 9.64 Å². The summed E-state index contributed by atoms with van der Waals surface area (Å²) in [5, 5.41) is 0. The van der Waals surface area contributed by atoms with Crippen molar-refractivity contribution in [3.63, 3.8) is 0 Å². The van der Waals surface area contributed by atoms with E-state index in [2.05, 4.69) is 9.97 Å². The molecule has 3 rings (SSSR count). The predicted molar refractivity (Wildman–Crippen MR) is 93.2 cm³/mol. The van der Waals surface area contributed by atoms with Gasteiger partial charge in [-0.15, -0.1) is 0 Å². The van der Waals surface area contributed by atoms with Crippen LogP contribution in [0.3, 0.4) is 0 Å². The highest BCUT2D eigenvalue weighted by atomic mass is 16.5. The minimum atomic E-state index is -0.165. The zero-order valence-electron chi connectivity index (χ0n) is 13.8. The Balaban J connectivity index is 1.62. The number of hydrogen-bond donors (Lipinski definition) is 0. The van der Waals surface area contributed by atoms with Crippen molar-refractivity contribution in [1.29, 1.82) is 0 Å². The molecule has 0 aliphatic rings. The summed E-state index contributed by atoms with van der Waals surface area (Å²) in [6, 6.07) is 15.3. The maximum absolute atomic E-state index is 12.5. The van der Waals surface area contributed by atoms with Crippen LogP contribution in [-0.4, -0.2) is 41.0 Å². The number of aromatic nitrogens is 2. The average molecular weight is 321 g/mol. The molecule has 1 heterocycles. The first-order chi connectivity index (χ1) is 11.6. The maximum atomic E-state index is 12.5. The molecule has 5 heteroatoms. The fraction of sp³-hybridized carbons (Fsp3) is 0.211. The van der Waals surface area contributed by atoms with Crippen LogP contribution in [0.4, 0.5) is 0 Å². The molecular weight excluding hydrogens is 302 g/mol. The quantitative estimate of drug-likeness (QED) is 0.724. The van der Waals surface area contributed by atoms with E-state index in [-0.39, 0.29) is 5.91 Å². The van der Waals surface area contributed by atoms with Gasteiger partial charge in [-0.25, -0.2) is 4.98 Å². The summed E-state index contributed by atoms with van der Waals surface area (Å²) < 4.78 is 5.73. The second kappa shape index (κ2) is 7.08. The van der Waals surface area contributed by atoms with Gasteiger partial charge in [0.2, 0.25) is 0 Å². The Morgan fingerprint density at radius 2 is 1.79 bits per heavy atom. The van der Waals surface area contributed by atoms with Crippen LogP contribution in [0.25, 0.3) is 11.0 Å². The van der Waals surface area contributed by atoms with Crippen LogP contribution in [0.15, 0.2) is 54.7 Å². The van der Waals surface area contributed by atoms with E-state index in [0.717, 1.165) is 16.8 Å². The number of aryl methyl sites for hydroxylation is 1. The first-order valence-corrected chi connectivity index (χ1v) is 7.81. The molecule has 0 radical (unpaired) electrons. The molecule has 0 N–H and O–H groups in total. The molecule has 0 spiro atoms. The number of benzene rings is 2. The molecule has 122 valence electrons. The molecule has 0 bridgehead atoms.